The molecule has 2 rings (SSSR count). The van der Waals surface area contributed by atoms with E-state index in [1.165, 1.54) is 7.11 Å². The Hall–Kier alpha value is -2.21. The fourth-order valence-electron chi connectivity index (χ4n) is 2.00. The van der Waals surface area contributed by atoms with Crippen LogP contribution in [0.15, 0.2) is 24.4 Å². The van der Waals surface area contributed by atoms with E-state index >= 15 is 0 Å². The lowest BCUT2D eigenvalue weighted by atomic mass is 10.0. The van der Waals surface area contributed by atoms with E-state index in [9.17, 15) is 5.11 Å². The molecule has 0 spiro atoms. The number of aromatic nitrogens is 2. The fourth-order valence-corrected chi connectivity index (χ4v) is 2.00. The Morgan fingerprint density at radius 2 is 1.65 bits per heavy atom. The minimum Gasteiger partial charge on any atom is -0.496 e. The Labute approximate surface area is 117 Å². The third-order valence-electron chi connectivity index (χ3n) is 3.04. The van der Waals surface area contributed by atoms with Crippen molar-refractivity contribution in [1.82, 2.24) is 9.78 Å². The van der Waals surface area contributed by atoms with E-state index in [4.69, 9.17) is 14.2 Å². The Morgan fingerprint density at radius 1 is 1.05 bits per heavy atom. The summed E-state index contributed by atoms with van der Waals surface area (Å²) in [5, 5.41) is 14.6. The molecule has 1 atom stereocenters. The van der Waals surface area contributed by atoms with Gasteiger partial charge in [0.25, 0.3) is 0 Å². The summed E-state index contributed by atoms with van der Waals surface area (Å²) in [6.07, 6.45) is 0.872. The van der Waals surface area contributed by atoms with Gasteiger partial charge in [0.05, 0.1) is 27.0 Å². The van der Waals surface area contributed by atoms with Crippen LogP contribution >= 0.6 is 0 Å². The molecule has 1 heterocycles. The zero-order valence-electron chi connectivity index (χ0n) is 12.0. The molecule has 0 aliphatic heterocycles. The summed E-state index contributed by atoms with van der Waals surface area (Å²) < 4.78 is 17.4. The van der Waals surface area contributed by atoms with Crippen LogP contribution < -0.4 is 14.2 Å². The summed E-state index contributed by atoms with van der Waals surface area (Å²) in [5.74, 6) is 1.58. The normalized spacial score (nSPS) is 12.1. The fraction of sp³-hybridized carbons (Fsp3) is 0.357. The number of hydrogen-bond acceptors (Lipinski definition) is 5. The number of aliphatic hydroxyl groups is 1. The molecule has 0 saturated carbocycles. The van der Waals surface area contributed by atoms with Gasteiger partial charge in [-0.1, -0.05) is 0 Å². The number of rotatable bonds is 5. The lowest BCUT2D eigenvalue weighted by Gasteiger charge is -2.16. The van der Waals surface area contributed by atoms with Crippen molar-refractivity contribution >= 4 is 0 Å². The maximum Gasteiger partial charge on any atom is 0.164 e. The summed E-state index contributed by atoms with van der Waals surface area (Å²) in [6.45, 7) is 0. The zero-order valence-corrected chi connectivity index (χ0v) is 12.0. The SMILES string of the molecule is COc1cc(OC)c(C(O)c2ccn(C)n2)cc1OC. The number of aliphatic hydroxyl groups excluding tert-OH is 1. The number of nitrogens with zero attached hydrogens (tertiary/aromatic N) is 2. The Morgan fingerprint density at radius 3 is 2.15 bits per heavy atom. The summed E-state index contributed by atoms with van der Waals surface area (Å²) in [7, 11) is 6.42. The highest BCUT2D eigenvalue weighted by molar-refractivity contribution is 5.52. The van der Waals surface area contributed by atoms with Gasteiger partial charge < -0.3 is 19.3 Å². The second-order valence-electron chi connectivity index (χ2n) is 4.27. The molecule has 1 N–H and O–H groups in total. The number of methoxy groups -OCH3 is 3. The van der Waals surface area contributed by atoms with Crippen molar-refractivity contribution in [2.75, 3.05) is 21.3 Å². The van der Waals surface area contributed by atoms with Crippen molar-refractivity contribution in [1.29, 1.82) is 0 Å². The number of hydrogen-bond donors (Lipinski definition) is 1. The number of ether oxygens (including phenoxy) is 3. The van der Waals surface area contributed by atoms with Crippen LogP contribution in [0.1, 0.15) is 17.4 Å². The van der Waals surface area contributed by atoms with Crippen LogP contribution in [0, 0.1) is 0 Å². The molecule has 0 radical (unpaired) electrons. The standard InChI is InChI=1S/C14H18N2O4/c1-16-6-5-10(15-16)14(17)9-7-12(19-3)13(20-4)8-11(9)18-2/h5-8,14,17H,1-4H3. The molecule has 0 aliphatic rings. The molecule has 0 amide bonds. The molecule has 0 aliphatic carbocycles. The molecular weight excluding hydrogens is 260 g/mol. The second-order valence-corrected chi connectivity index (χ2v) is 4.27. The Kier molecular flexibility index (Phi) is 4.14. The third-order valence-corrected chi connectivity index (χ3v) is 3.04. The lowest BCUT2D eigenvalue weighted by molar-refractivity contribution is 0.208. The first-order valence-corrected chi connectivity index (χ1v) is 6.08. The largest absolute Gasteiger partial charge is 0.496 e. The van der Waals surface area contributed by atoms with Crippen LogP contribution in [0.2, 0.25) is 0 Å². The van der Waals surface area contributed by atoms with Gasteiger partial charge in [-0.3, -0.25) is 4.68 Å². The van der Waals surface area contributed by atoms with Crippen LogP contribution in [-0.4, -0.2) is 36.2 Å². The highest BCUT2D eigenvalue weighted by atomic mass is 16.5. The maximum atomic E-state index is 10.4. The number of aryl methyl sites for hydroxylation is 1. The van der Waals surface area contributed by atoms with Gasteiger partial charge in [-0.05, 0) is 12.1 Å². The predicted octanol–water partition coefficient (Wildman–Crippen LogP) is 1.53. The van der Waals surface area contributed by atoms with Gasteiger partial charge in [0.2, 0.25) is 0 Å². The first kappa shape index (κ1) is 14.2. The molecule has 1 aromatic carbocycles. The van der Waals surface area contributed by atoms with Gasteiger partial charge in [0, 0.05) is 24.9 Å². The van der Waals surface area contributed by atoms with E-state index in [0.29, 0.717) is 28.5 Å². The first-order chi connectivity index (χ1) is 9.60. The van der Waals surface area contributed by atoms with E-state index in [0.717, 1.165) is 0 Å². The topological polar surface area (TPSA) is 65.7 Å². The van der Waals surface area contributed by atoms with Crippen LogP contribution in [0.3, 0.4) is 0 Å². The highest BCUT2D eigenvalue weighted by Gasteiger charge is 2.21. The van der Waals surface area contributed by atoms with Gasteiger partial charge >= 0.3 is 0 Å². The van der Waals surface area contributed by atoms with Gasteiger partial charge in [0.15, 0.2) is 11.5 Å². The molecule has 108 valence electrons. The van der Waals surface area contributed by atoms with Gasteiger partial charge in [0.1, 0.15) is 11.9 Å². The molecule has 0 fully saturated rings. The van der Waals surface area contributed by atoms with Gasteiger partial charge in [-0.2, -0.15) is 5.10 Å². The van der Waals surface area contributed by atoms with Crippen LogP contribution in [-0.2, 0) is 7.05 Å². The Bertz CT molecular complexity index is 595. The molecule has 6 nitrogen and oxygen atoms in total. The van der Waals surface area contributed by atoms with E-state index < -0.39 is 6.10 Å². The van der Waals surface area contributed by atoms with E-state index in [1.54, 1.807) is 50.3 Å². The van der Waals surface area contributed by atoms with Crippen LogP contribution in [0.4, 0.5) is 0 Å². The molecule has 6 heteroatoms. The van der Waals surface area contributed by atoms with Gasteiger partial charge in [-0.15, -0.1) is 0 Å². The summed E-state index contributed by atoms with van der Waals surface area (Å²) in [5.41, 5.74) is 1.11. The van der Waals surface area contributed by atoms with Crippen molar-refractivity contribution in [3.05, 3.63) is 35.7 Å². The van der Waals surface area contributed by atoms with Crippen LogP contribution in [0.25, 0.3) is 0 Å². The summed E-state index contributed by atoms with van der Waals surface area (Å²) >= 11 is 0. The van der Waals surface area contributed by atoms with Crippen LogP contribution in [0.5, 0.6) is 17.2 Å². The lowest BCUT2D eigenvalue weighted by Crippen LogP contribution is -2.05. The van der Waals surface area contributed by atoms with Crippen molar-refractivity contribution < 1.29 is 19.3 Å². The molecular formula is C14H18N2O4. The summed E-state index contributed by atoms with van der Waals surface area (Å²) in [6, 6.07) is 5.12. The minimum atomic E-state index is -0.897. The molecule has 0 saturated heterocycles. The molecule has 2 aromatic rings. The van der Waals surface area contributed by atoms with Crippen molar-refractivity contribution in [2.24, 2.45) is 7.05 Å². The average molecular weight is 278 g/mol. The molecule has 1 unspecified atom stereocenters. The highest BCUT2D eigenvalue weighted by Crippen LogP contribution is 2.38. The Balaban J connectivity index is 2.49. The maximum absolute atomic E-state index is 10.4. The van der Waals surface area contributed by atoms with Crippen molar-refractivity contribution in [2.45, 2.75) is 6.10 Å². The molecule has 1 aromatic heterocycles. The minimum absolute atomic E-state index is 0.515. The average Bonchev–Trinajstić information content (AvgIpc) is 2.91. The van der Waals surface area contributed by atoms with Gasteiger partial charge in [-0.25, -0.2) is 0 Å². The quantitative estimate of drug-likeness (QED) is 0.898. The zero-order chi connectivity index (χ0) is 14.7. The molecule has 0 bridgehead atoms. The van der Waals surface area contributed by atoms with E-state index in [2.05, 4.69) is 5.10 Å². The first-order valence-electron chi connectivity index (χ1n) is 6.08. The van der Waals surface area contributed by atoms with E-state index in [-0.39, 0.29) is 0 Å². The summed E-state index contributed by atoms with van der Waals surface area (Å²) in [4.78, 5) is 0. The molecule has 20 heavy (non-hydrogen) atoms. The monoisotopic (exact) mass is 278 g/mol. The van der Waals surface area contributed by atoms with Crippen molar-refractivity contribution in [3.8, 4) is 17.2 Å². The smallest absolute Gasteiger partial charge is 0.164 e. The second kappa shape index (κ2) is 5.83. The number of benzene rings is 1. The predicted molar refractivity (Wildman–Crippen MR) is 73.4 cm³/mol. The van der Waals surface area contributed by atoms with Crippen molar-refractivity contribution in [3.63, 3.8) is 0 Å². The third kappa shape index (κ3) is 2.55. The van der Waals surface area contributed by atoms with E-state index in [1.807, 2.05) is 0 Å².